The third kappa shape index (κ3) is 3.06. The molecule has 0 spiro atoms. The zero-order valence-corrected chi connectivity index (χ0v) is 14.4. The van der Waals surface area contributed by atoms with Gasteiger partial charge >= 0.3 is 0 Å². The smallest absolute Gasteiger partial charge is 0.274 e. The maximum Gasteiger partial charge on any atom is 0.274 e. The summed E-state index contributed by atoms with van der Waals surface area (Å²) < 4.78 is 1.72. The van der Waals surface area contributed by atoms with Crippen LogP contribution in [0.2, 0.25) is 0 Å². The molecule has 0 radical (unpaired) electrons. The van der Waals surface area contributed by atoms with Gasteiger partial charge in [0.05, 0.1) is 12.7 Å². The lowest BCUT2D eigenvalue weighted by Gasteiger charge is -2.37. The van der Waals surface area contributed by atoms with E-state index in [0.29, 0.717) is 30.8 Å². The zero-order chi connectivity index (χ0) is 17.3. The Labute approximate surface area is 140 Å². The van der Waals surface area contributed by atoms with Crippen LogP contribution in [0, 0.1) is 0 Å². The van der Waals surface area contributed by atoms with Crippen molar-refractivity contribution >= 4 is 5.91 Å². The molecule has 1 aliphatic heterocycles. The van der Waals surface area contributed by atoms with E-state index >= 15 is 0 Å². The summed E-state index contributed by atoms with van der Waals surface area (Å²) in [4.78, 5) is 14.3. The fourth-order valence-corrected chi connectivity index (χ4v) is 2.98. The molecule has 1 unspecified atom stereocenters. The molecule has 0 aliphatic carbocycles. The van der Waals surface area contributed by atoms with E-state index in [1.807, 2.05) is 20.8 Å². The Balaban J connectivity index is 1.78. The molecule has 0 aromatic carbocycles. The number of nitrogens with zero attached hydrogens (tertiary/aromatic N) is 5. The summed E-state index contributed by atoms with van der Waals surface area (Å²) in [5, 5.41) is 26.1. The van der Waals surface area contributed by atoms with Crippen molar-refractivity contribution in [3.05, 3.63) is 29.3 Å². The van der Waals surface area contributed by atoms with Gasteiger partial charge in [-0.3, -0.25) is 9.89 Å². The number of nitrogens with one attached hydrogen (secondary N) is 1. The van der Waals surface area contributed by atoms with Crippen molar-refractivity contribution in [1.82, 2.24) is 30.1 Å². The largest absolute Gasteiger partial charge is 0.382 e. The molecular formula is C16H24N6O2. The number of H-pyrrole nitrogens is 1. The molecule has 2 aromatic rings. The van der Waals surface area contributed by atoms with Crippen LogP contribution in [-0.2, 0) is 12.0 Å². The Hall–Kier alpha value is -2.22. The lowest BCUT2D eigenvalue weighted by atomic mass is 9.90. The molecule has 3 heterocycles. The summed E-state index contributed by atoms with van der Waals surface area (Å²) in [6.45, 7) is 6.81. The van der Waals surface area contributed by atoms with Crippen molar-refractivity contribution in [3.8, 4) is 0 Å². The van der Waals surface area contributed by atoms with Gasteiger partial charge in [0.2, 0.25) is 0 Å². The number of rotatable bonds is 4. The van der Waals surface area contributed by atoms with Crippen molar-refractivity contribution in [2.75, 3.05) is 13.1 Å². The van der Waals surface area contributed by atoms with Crippen LogP contribution in [0.4, 0.5) is 0 Å². The predicted octanol–water partition coefficient (Wildman–Crippen LogP) is 1.27. The van der Waals surface area contributed by atoms with Crippen LogP contribution in [0.25, 0.3) is 0 Å². The van der Waals surface area contributed by atoms with E-state index in [1.165, 1.54) is 0 Å². The van der Waals surface area contributed by atoms with Gasteiger partial charge in [0.25, 0.3) is 5.91 Å². The van der Waals surface area contributed by atoms with Crippen molar-refractivity contribution in [2.24, 2.45) is 0 Å². The Bertz CT molecular complexity index is 722. The monoisotopic (exact) mass is 332 g/mol. The summed E-state index contributed by atoms with van der Waals surface area (Å²) in [5.41, 5.74) is 0.669. The highest BCUT2D eigenvalue weighted by molar-refractivity contribution is 5.92. The molecule has 24 heavy (non-hydrogen) atoms. The van der Waals surface area contributed by atoms with Gasteiger partial charge in [-0.1, -0.05) is 12.1 Å². The van der Waals surface area contributed by atoms with Gasteiger partial charge in [-0.2, -0.15) is 5.10 Å². The SMILES string of the molecule is CCc1cc(C(=O)N2CCCC(O)(c3cn(C(C)C)nn3)C2)n[nH]1. The summed E-state index contributed by atoms with van der Waals surface area (Å²) in [6, 6.07) is 1.94. The molecule has 1 aliphatic rings. The van der Waals surface area contributed by atoms with Gasteiger partial charge in [-0.05, 0) is 39.2 Å². The van der Waals surface area contributed by atoms with Gasteiger partial charge < -0.3 is 10.0 Å². The van der Waals surface area contributed by atoms with Crippen LogP contribution in [0.1, 0.15) is 61.5 Å². The molecule has 1 atom stereocenters. The van der Waals surface area contributed by atoms with Gasteiger partial charge in [0, 0.05) is 18.3 Å². The standard InChI is InChI=1S/C16H24N6O2/c1-4-12-8-13(18-17-12)15(23)21-7-5-6-16(24,10-21)14-9-22(11(2)3)20-19-14/h8-9,11,24H,4-7,10H2,1-3H3,(H,17,18). The lowest BCUT2D eigenvalue weighted by molar-refractivity contribution is -0.0322. The first kappa shape index (κ1) is 16.6. The molecule has 1 saturated heterocycles. The van der Waals surface area contributed by atoms with Crippen LogP contribution in [0.3, 0.4) is 0 Å². The third-order valence-corrected chi connectivity index (χ3v) is 4.51. The van der Waals surface area contributed by atoms with E-state index in [2.05, 4.69) is 20.5 Å². The highest BCUT2D eigenvalue weighted by Crippen LogP contribution is 2.31. The number of carbonyl (C=O) groups excluding carboxylic acids is 1. The number of hydrogen-bond acceptors (Lipinski definition) is 5. The highest BCUT2D eigenvalue weighted by Gasteiger charge is 2.39. The van der Waals surface area contributed by atoms with Gasteiger partial charge in [0.15, 0.2) is 0 Å². The number of amides is 1. The van der Waals surface area contributed by atoms with Gasteiger partial charge in [-0.25, -0.2) is 4.68 Å². The summed E-state index contributed by atoms with van der Waals surface area (Å²) >= 11 is 0. The van der Waals surface area contributed by atoms with Crippen LogP contribution in [0.5, 0.6) is 0 Å². The molecule has 8 nitrogen and oxygen atoms in total. The number of aromatic nitrogens is 5. The van der Waals surface area contributed by atoms with Crippen LogP contribution in [-0.4, -0.2) is 54.2 Å². The maximum absolute atomic E-state index is 12.7. The number of likely N-dealkylation sites (tertiary alicyclic amines) is 1. The van der Waals surface area contributed by atoms with Crippen LogP contribution >= 0.6 is 0 Å². The second-order valence-corrected chi connectivity index (χ2v) is 6.67. The van der Waals surface area contributed by atoms with Crippen molar-refractivity contribution < 1.29 is 9.90 Å². The van der Waals surface area contributed by atoms with E-state index in [1.54, 1.807) is 21.8 Å². The quantitative estimate of drug-likeness (QED) is 0.878. The third-order valence-electron chi connectivity index (χ3n) is 4.51. The number of aryl methyl sites for hydroxylation is 1. The number of β-amino-alcohol motifs (C(OH)–C–C–N with tert-alkyl or cyclic N) is 1. The number of hydrogen-bond donors (Lipinski definition) is 2. The normalized spacial score (nSPS) is 21.5. The molecular weight excluding hydrogens is 308 g/mol. The van der Waals surface area contributed by atoms with Crippen molar-refractivity contribution in [3.63, 3.8) is 0 Å². The first-order valence-corrected chi connectivity index (χ1v) is 8.41. The molecule has 3 rings (SSSR count). The topological polar surface area (TPSA) is 99.9 Å². The first-order valence-electron chi connectivity index (χ1n) is 8.41. The Morgan fingerprint density at radius 1 is 1.50 bits per heavy atom. The number of aromatic amines is 1. The van der Waals surface area contributed by atoms with E-state index in [4.69, 9.17) is 0 Å². The minimum Gasteiger partial charge on any atom is -0.382 e. The summed E-state index contributed by atoms with van der Waals surface area (Å²) in [5.74, 6) is -0.166. The minimum absolute atomic E-state index is 0.166. The number of carbonyl (C=O) groups is 1. The summed E-state index contributed by atoms with van der Waals surface area (Å²) in [7, 11) is 0. The molecule has 130 valence electrons. The highest BCUT2D eigenvalue weighted by atomic mass is 16.3. The van der Waals surface area contributed by atoms with E-state index < -0.39 is 5.60 Å². The molecule has 0 saturated carbocycles. The second kappa shape index (κ2) is 6.35. The number of piperidine rings is 1. The van der Waals surface area contributed by atoms with Crippen LogP contribution in [0.15, 0.2) is 12.3 Å². The fourth-order valence-electron chi connectivity index (χ4n) is 2.98. The molecule has 0 bridgehead atoms. The minimum atomic E-state index is -1.16. The second-order valence-electron chi connectivity index (χ2n) is 6.67. The van der Waals surface area contributed by atoms with E-state index in [9.17, 15) is 9.90 Å². The Morgan fingerprint density at radius 3 is 2.92 bits per heavy atom. The van der Waals surface area contributed by atoms with Crippen LogP contribution < -0.4 is 0 Å². The maximum atomic E-state index is 12.7. The fraction of sp³-hybridized carbons (Fsp3) is 0.625. The molecule has 1 fully saturated rings. The number of aliphatic hydroxyl groups is 1. The first-order chi connectivity index (χ1) is 11.4. The summed E-state index contributed by atoms with van der Waals surface area (Å²) in [6.07, 6.45) is 3.83. The zero-order valence-electron chi connectivity index (χ0n) is 14.4. The predicted molar refractivity (Wildman–Crippen MR) is 87.4 cm³/mol. The average molecular weight is 332 g/mol. The Morgan fingerprint density at radius 2 is 2.29 bits per heavy atom. The van der Waals surface area contributed by atoms with Gasteiger partial charge in [0.1, 0.15) is 17.0 Å². The average Bonchev–Trinajstić information content (AvgIpc) is 3.23. The van der Waals surface area contributed by atoms with E-state index in [0.717, 1.165) is 12.1 Å². The Kier molecular flexibility index (Phi) is 4.40. The molecule has 8 heteroatoms. The van der Waals surface area contributed by atoms with Crippen molar-refractivity contribution in [2.45, 2.75) is 51.7 Å². The van der Waals surface area contributed by atoms with Gasteiger partial charge in [-0.15, -0.1) is 5.10 Å². The van der Waals surface area contributed by atoms with E-state index in [-0.39, 0.29) is 18.5 Å². The van der Waals surface area contributed by atoms with Crippen molar-refractivity contribution in [1.29, 1.82) is 0 Å². The lowest BCUT2D eigenvalue weighted by Crippen LogP contribution is -2.48. The molecule has 2 N–H and O–H groups in total. The molecule has 1 amide bonds. The molecule has 2 aromatic heterocycles.